The molecule has 0 radical (unpaired) electrons. The molecule has 3 nitrogen and oxygen atoms in total. The Morgan fingerprint density at radius 1 is 1.32 bits per heavy atom. The number of carbonyl (C=O) groups excluding carboxylic acids is 1. The summed E-state index contributed by atoms with van der Waals surface area (Å²) in [6.45, 7) is 3.04. The van der Waals surface area contributed by atoms with E-state index in [1.165, 1.54) is 11.1 Å². The normalized spacial score (nSPS) is 18.8. The Hall–Kier alpha value is -1.35. The van der Waals surface area contributed by atoms with E-state index in [0.717, 1.165) is 32.2 Å². The van der Waals surface area contributed by atoms with E-state index >= 15 is 0 Å². The van der Waals surface area contributed by atoms with Gasteiger partial charge in [-0.2, -0.15) is 0 Å². The standard InChI is InChI=1S/C16H23NO2/c1-2-13-5-7-14(8-6-13)9-10-16(19)17-11-3-4-15(17)12-18/h5-8,15,18H,2-4,9-12H2,1H3. The van der Waals surface area contributed by atoms with Gasteiger partial charge in [-0.3, -0.25) is 4.79 Å². The molecule has 19 heavy (non-hydrogen) atoms. The quantitative estimate of drug-likeness (QED) is 0.882. The molecule has 0 saturated carbocycles. The van der Waals surface area contributed by atoms with Crippen molar-refractivity contribution in [1.82, 2.24) is 4.90 Å². The zero-order valence-corrected chi connectivity index (χ0v) is 11.6. The predicted molar refractivity (Wildman–Crippen MR) is 76.0 cm³/mol. The second-order valence-electron chi connectivity index (χ2n) is 5.24. The summed E-state index contributed by atoms with van der Waals surface area (Å²) in [6, 6.07) is 8.53. The van der Waals surface area contributed by atoms with Gasteiger partial charge in [0.15, 0.2) is 0 Å². The van der Waals surface area contributed by atoms with Crippen LogP contribution in [0.3, 0.4) is 0 Å². The van der Waals surface area contributed by atoms with Crippen LogP contribution in [0.1, 0.15) is 37.3 Å². The maximum atomic E-state index is 12.1. The maximum Gasteiger partial charge on any atom is 0.223 e. The van der Waals surface area contributed by atoms with Gasteiger partial charge in [0.2, 0.25) is 5.91 Å². The van der Waals surface area contributed by atoms with E-state index in [1.807, 2.05) is 4.90 Å². The monoisotopic (exact) mass is 261 g/mol. The minimum Gasteiger partial charge on any atom is -0.394 e. The van der Waals surface area contributed by atoms with Gasteiger partial charge in [-0.05, 0) is 36.8 Å². The van der Waals surface area contributed by atoms with Crippen LogP contribution in [-0.2, 0) is 17.6 Å². The van der Waals surface area contributed by atoms with Gasteiger partial charge >= 0.3 is 0 Å². The van der Waals surface area contributed by atoms with Crippen molar-refractivity contribution in [3.63, 3.8) is 0 Å². The Morgan fingerprint density at radius 2 is 2.00 bits per heavy atom. The van der Waals surface area contributed by atoms with Gasteiger partial charge in [-0.25, -0.2) is 0 Å². The molecule has 1 saturated heterocycles. The highest BCUT2D eigenvalue weighted by molar-refractivity contribution is 5.77. The minimum absolute atomic E-state index is 0.0509. The number of hydrogen-bond acceptors (Lipinski definition) is 2. The fraction of sp³-hybridized carbons (Fsp3) is 0.562. The van der Waals surface area contributed by atoms with E-state index in [1.54, 1.807) is 0 Å². The number of aryl methyl sites for hydroxylation is 2. The third kappa shape index (κ3) is 3.57. The molecule has 1 heterocycles. The highest BCUT2D eigenvalue weighted by Gasteiger charge is 2.27. The molecule has 104 valence electrons. The van der Waals surface area contributed by atoms with Gasteiger partial charge in [0.05, 0.1) is 12.6 Å². The lowest BCUT2D eigenvalue weighted by molar-refractivity contribution is -0.132. The molecule has 1 unspecified atom stereocenters. The Morgan fingerprint density at radius 3 is 2.63 bits per heavy atom. The van der Waals surface area contributed by atoms with Crippen molar-refractivity contribution < 1.29 is 9.90 Å². The second-order valence-corrected chi connectivity index (χ2v) is 5.24. The first-order valence-electron chi connectivity index (χ1n) is 7.22. The molecule has 1 aliphatic heterocycles. The van der Waals surface area contributed by atoms with Gasteiger partial charge in [0.25, 0.3) is 0 Å². The van der Waals surface area contributed by atoms with Crippen molar-refractivity contribution in [2.24, 2.45) is 0 Å². The molecule has 0 bridgehead atoms. The van der Waals surface area contributed by atoms with Crippen LogP contribution < -0.4 is 0 Å². The van der Waals surface area contributed by atoms with Gasteiger partial charge in [0.1, 0.15) is 0 Å². The number of aliphatic hydroxyl groups is 1. The number of rotatable bonds is 5. The maximum absolute atomic E-state index is 12.1. The van der Waals surface area contributed by atoms with Crippen LogP contribution >= 0.6 is 0 Å². The van der Waals surface area contributed by atoms with Crippen molar-refractivity contribution in [1.29, 1.82) is 0 Å². The summed E-state index contributed by atoms with van der Waals surface area (Å²) in [5, 5.41) is 9.23. The van der Waals surface area contributed by atoms with Crippen molar-refractivity contribution >= 4 is 5.91 Å². The van der Waals surface area contributed by atoms with Crippen molar-refractivity contribution in [3.05, 3.63) is 35.4 Å². The van der Waals surface area contributed by atoms with Crippen LogP contribution in [-0.4, -0.2) is 35.1 Å². The number of amides is 1. The number of nitrogens with zero attached hydrogens (tertiary/aromatic N) is 1. The number of benzene rings is 1. The Labute approximate surface area is 115 Å². The molecule has 1 atom stereocenters. The summed E-state index contributed by atoms with van der Waals surface area (Å²) in [4.78, 5) is 14.0. The van der Waals surface area contributed by atoms with E-state index < -0.39 is 0 Å². The van der Waals surface area contributed by atoms with Gasteiger partial charge in [-0.1, -0.05) is 31.2 Å². The van der Waals surface area contributed by atoms with E-state index in [-0.39, 0.29) is 18.6 Å². The van der Waals surface area contributed by atoms with Crippen molar-refractivity contribution in [3.8, 4) is 0 Å². The molecule has 1 aromatic rings. The zero-order valence-electron chi connectivity index (χ0n) is 11.6. The summed E-state index contributed by atoms with van der Waals surface area (Å²) >= 11 is 0. The lowest BCUT2D eigenvalue weighted by Gasteiger charge is -2.23. The van der Waals surface area contributed by atoms with Gasteiger partial charge in [0, 0.05) is 13.0 Å². The molecule has 0 aliphatic carbocycles. The summed E-state index contributed by atoms with van der Waals surface area (Å²) in [5.41, 5.74) is 2.54. The summed E-state index contributed by atoms with van der Waals surface area (Å²) in [7, 11) is 0. The Kier molecular flexibility index (Phi) is 4.97. The lowest BCUT2D eigenvalue weighted by atomic mass is 10.1. The predicted octanol–water partition coefficient (Wildman–Crippen LogP) is 2.16. The number of hydrogen-bond donors (Lipinski definition) is 1. The van der Waals surface area contributed by atoms with Crippen molar-refractivity contribution in [2.45, 2.75) is 45.1 Å². The topological polar surface area (TPSA) is 40.5 Å². The zero-order chi connectivity index (χ0) is 13.7. The molecule has 0 spiro atoms. The molecule has 1 fully saturated rings. The first kappa shape index (κ1) is 14.1. The molecule has 1 amide bonds. The summed E-state index contributed by atoms with van der Waals surface area (Å²) < 4.78 is 0. The van der Waals surface area contributed by atoms with Crippen LogP contribution in [0.5, 0.6) is 0 Å². The van der Waals surface area contributed by atoms with Crippen LogP contribution in [0.25, 0.3) is 0 Å². The van der Waals surface area contributed by atoms with E-state index in [0.29, 0.717) is 6.42 Å². The first-order valence-corrected chi connectivity index (χ1v) is 7.22. The fourth-order valence-electron chi connectivity index (χ4n) is 2.69. The molecule has 1 aliphatic rings. The van der Waals surface area contributed by atoms with E-state index in [2.05, 4.69) is 31.2 Å². The molecule has 0 aromatic heterocycles. The largest absolute Gasteiger partial charge is 0.394 e. The molecular weight excluding hydrogens is 238 g/mol. The average Bonchev–Trinajstić information content (AvgIpc) is 2.93. The Bertz CT molecular complexity index is 413. The molecular formula is C16H23NO2. The van der Waals surface area contributed by atoms with E-state index in [4.69, 9.17) is 0 Å². The third-order valence-corrected chi connectivity index (χ3v) is 3.97. The second kappa shape index (κ2) is 6.71. The average molecular weight is 261 g/mol. The SMILES string of the molecule is CCc1ccc(CCC(=O)N2CCCC2CO)cc1. The minimum atomic E-state index is 0.0509. The number of carbonyl (C=O) groups is 1. The van der Waals surface area contributed by atoms with Crippen LogP contribution in [0.15, 0.2) is 24.3 Å². The smallest absolute Gasteiger partial charge is 0.223 e. The third-order valence-electron chi connectivity index (χ3n) is 3.97. The number of likely N-dealkylation sites (tertiary alicyclic amines) is 1. The van der Waals surface area contributed by atoms with Crippen LogP contribution in [0.4, 0.5) is 0 Å². The lowest BCUT2D eigenvalue weighted by Crippen LogP contribution is -2.37. The first-order chi connectivity index (χ1) is 9.24. The van der Waals surface area contributed by atoms with Crippen LogP contribution in [0, 0.1) is 0 Å². The molecule has 2 rings (SSSR count). The molecule has 1 aromatic carbocycles. The highest BCUT2D eigenvalue weighted by atomic mass is 16.3. The highest BCUT2D eigenvalue weighted by Crippen LogP contribution is 2.18. The Balaban J connectivity index is 1.85. The molecule has 1 N–H and O–H groups in total. The number of aliphatic hydroxyl groups excluding tert-OH is 1. The van der Waals surface area contributed by atoms with E-state index in [9.17, 15) is 9.90 Å². The van der Waals surface area contributed by atoms with Gasteiger partial charge in [-0.15, -0.1) is 0 Å². The van der Waals surface area contributed by atoms with Gasteiger partial charge < -0.3 is 10.0 Å². The fourth-order valence-corrected chi connectivity index (χ4v) is 2.69. The molecule has 3 heteroatoms. The summed E-state index contributed by atoms with van der Waals surface area (Å²) in [6.07, 6.45) is 4.33. The summed E-state index contributed by atoms with van der Waals surface area (Å²) in [5.74, 6) is 0.177. The van der Waals surface area contributed by atoms with Crippen LogP contribution in [0.2, 0.25) is 0 Å². The van der Waals surface area contributed by atoms with Crippen molar-refractivity contribution in [2.75, 3.05) is 13.2 Å².